The number of carbonyl (C=O) groups excluding carboxylic acids is 3. The van der Waals surface area contributed by atoms with E-state index in [2.05, 4.69) is 10.6 Å². The normalized spacial score (nSPS) is 31.0. The number of rotatable bonds is 9. The van der Waals surface area contributed by atoms with Crippen molar-refractivity contribution in [1.29, 1.82) is 0 Å². The number of hydrogen-bond acceptors (Lipinski definition) is 4. The number of hydrogen-bond donors (Lipinski definition) is 2. The summed E-state index contributed by atoms with van der Waals surface area (Å²) in [6.45, 7) is 7.52. The minimum Gasteiger partial charge on any atom is -0.454 e. The average Bonchev–Trinajstić information content (AvgIpc) is 2.66. The van der Waals surface area contributed by atoms with Crippen LogP contribution in [0.4, 0.5) is 0 Å². The summed E-state index contributed by atoms with van der Waals surface area (Å²) < 4.78 is 5.27. The van der Waals surface area contributed by atoms with Crippen LogP contribution in [-0.2, 0) is 19.1 Å². The molecule has 6 nitrogen and oxygen atoms in total. The molecule has 4 bridgehead atoms. The van der Waals surface area contributed by atoms with Crippen LogP contribution in [0.15, 0.2) is 0 Å². The third kappa shape index (κ3) is 4.95. The minimum absolute atomic E-state index is 0.0220. The molecule has 4 aliphatic carbocycles. The summed E-state index contributed by atoms with van der Waals surface area (Å²) in [6.07, 6.45) is 8.38. The van der Waals surface area contributed by atoms with Crippen LogP contribution in [0.5, 0.6) is 0 Å². The van der Waals surface area contributed by atoms with Crippen LogP contribution in [0.25, 0.3) is 0 Å². The van der Waals surface area contributed by atoms with E-state index in [1.54, 1.807) is 0 Å². The molecule has 0 saturated heterocycles. The zero-order chi connectivity index (χ0) is 21.2. The lowest BCUT2D eigenvalue weighted by Crippen LogP contribution is -2.57. The highest BCUT2D eigenvalue weighted by Crippen LogP contribution is 2.60. The van der Waals surface area contributed by atoms with Gasteiger partial charge in [0.1, 0.15) is 6.04 Å². The maximum absolute atomic E-state index is 13.3. The highest BCUT2D eigenvalue weighted by atomic mass is 16.5. The zero-order valence-corrected chi connectivity index (χ0v) is 18.5. The van der Waals surface area contributed by atoms with Crippen molar-refractivity contribution in [2.24, 2.45) is 29.1 Å². The van der Waals surface area contributed by atoms with E-state index in [4.69, 9.17) is 4.74 Å². The molecule has 0 heterocycles. The summed E-state index contributed by atoms with van der Waals surface area (Å²) in [5, 5.41) is 5.88. The van der Waals surface area contributed by atoms with Crippen molar-refractivity contribution in [1.82, 2.24) is 10.6 Å². The summed E-state index contributed by atoms with van der Waals surface area (Å²) in [5.41, 5.74) is -0.297. The predicted octanol–water partition coefficient (Wildman–Crippen LogP) is 3.19. The van der Waals surface area contributed by atoms with Crippen molar-refractivity contribution < 1.29 is 19.1 Å². The van der Waals surface area contributed by atoms with Gasteiger partial charge in [-0.05, 0) is 75.0 Å². The molecule has 164 valence electrons. The zero-order valence-electron chi connectivity index (χ0n) is 18.5. The Morgan fingerprint density at radius 3 is 1.90 bits per heavy atom. The van der Waals surface area contributed by atoms with Crippen LogP contribution in [0.1, 0.15) is 79.1 Å². The van der Waals surface area contributed by atoms with E-state index in [1.807, 2.05) is 27.7 Å². The molecule has 1 atom stereocenters. The Labute approximate surface area is 174 Å². The second-order valence-corrected chi connectivity index (χ2v) is 10.1. The molecular formula is C23H38N2O4. The monoisotopic (exact) mass is 406 g/mol. The Kier molecular flexibility index (Phi) is 6.90. The van der Waals surface area contributed by atoms with E-state index in [-0.39, 0.29) is 35.8 Å². The van der Waals surface area contributed by atoms with Gasteiger partial charge in [0.15, 0.2) is 6.61 Å². The van der Waals surface area contributed by atoms with Crippen molar-refractivity contribution in [2.45, 2.75) is 91.1 Å². The molecule has 2 N–H and O–H groups in total. The number of carbonyl (C=O) groups is 3. The van der Waals surface area contributed by atoms with Crippen LogP contribution >= 0.6 is 0 Å². The lowest BCUT2D eigenvalue weighted by molar-refractivity contribution is -0.157. The standard InChI is InChI=1S/C23H38N2O4/c1-5-18(6-2)24-19(26)13-29-21(27)20(14(3)4)25-22(28)23-10-15-7-16(11-23)9-17(8-15)12-23/h14-18,20H,5-13H2,1-4H3,(H,24,26)(H,25,28)/t15?,16?,17?,20-,23?/m1/s1. The van der Waals surface area contributed by atoms with Gasteiger partial charge in [-0.1, -0.05) is 27.7 Å². The molecule has 0 radical (unpaired) electrons. The third-order valence-electron chi connectivity index (χ3n) is 7.42. The fourth-order valence-electron chi connectivity index (χ4n) is 6.17. The number of nitrogens with one attached hydrogen (secondary N) is 2. The first-order valence-corrected chi connectivity index (χ1v) is 11.5. The van der Waals surface area contributed by atoms with E-state index < -0.39 is 12.0 Å². The lowest BCUT2D eigenvalue weighted by atomic mass is 9.49. The molecule has 4 fully saturated rings. The molecule has 4 aliphatic rings. The molecule has 0 aromatic rings. The average molecular weight is 407 g/mol. The molecule has 4 rings (SSSR count). The smallest absolute Gasteiger partial charge is 0.329 e. The van der Waals surface area contributed by atoms with Crippen LogP contribution in [0.3, 0.4) is 0 Å². The molecule has 0 aromatic heterocycles. The van der Waals surface area contributed by atoms with Crippen LogP contribution in [-0.4, -0.2) is 36.5 Å². The van der Waals surface area contributed by atoms with Gasteiger partial charge in [-0.25, -0.2) is 4.79 Å². The SMILES string of the molecule is CCC(CC)NC(=O)COC(=O)[C@H](NC(=O)C12CC3CC(CC(C3)C1)C2)C(C)C. The fraction of sp³-hybridized carbons (Fsp3) is 0.870. The largest absolute Gasteiger partial charge is 0.454 e. The molecule has 0 aliphatic heterocycles. The molecule has 2 amide bonds. The summed E-state index contributed by atoms with van der Waals surface area (Å²) >= 11 is 0. The van der Waals surface area contributed by atoms with Crippen molar-refractivity contribution in [2.75, 3.05) is 6.61 Å². The molecule has 0 spiro atoms. The first-order chi connectivity index (χ1) is 13.8. The lowest BCUT2D eigenvalue weighted by Gasteiger charge is -2.55. The minimum atomic E-state index is -0.712. The highest BCUT2D eigenvalue weighted by Gasteiger charge is 2.55. The second-order valence-electron chi connectivity index (χ2n) is 10.1. The van der Waals surface area contributed by atoms with Crippen molar-refractivity contribution in [3.63, 3.8) is 0 Å². The van der Waals surface area contributed by atoms with Gasteiger partial charge in [0.25, 0.3) is 5.91 Å². The van der Waals surface area contributed by atoms with E-state index in [1.165, 1.54) is 19.3 Å². The second kappa shape index (κ2) is 9.05. The molecule has 6 heteroatoms. The van der Waals surface area contributed by atoms with Gasteiger partial charge in [-0.3, -0.25) is 9.59 Å². The summed E-state index contributed by atoms with van der Waals surface area (Å²) in [4.78, 5) is 38.0. The van der Waals surface area contributed by atoms with Gasteiger partial charge in [-0.15, -0.1) is 0 Å². The van der Waals surface area contributed by atoms with E-state index >= 15 is 0 Å². The van der Waals surface area contributed by atoms with Gasteiger partial charge in [0.2, 0.25) is 5.91 Å². The predicted molar refractivity (Wildman–Crippen MR) is 111 cm³/mol. The van der Waals surface area contributed by atoms with Gasteiger partial charge < -0.3 is 15.4 Å². The Balaban J connectivity index is 1.56. The first-order valence-electron chi connectivity index (χ1n) is 11.5. The molecule has 29 heavy (non-hydrogen) atoms. The summed E-state index contributed by atoms with van der Waals surface area (Å²) in [6, 6.07) is -0.616. The van der Waals surface area contributed by atoms with Crippen molar-refractivity contribution >= 4 is 17.8 Å². The maximum Gasteiger partial charge on any atom is 0.329 e. The van der Waals surface area contributed by atoms with E-state index in [0.29, 0.717) is 17.8 Å². The fourth-order valence-corrected chi connectivity index (χ4v) is 6.17. The van der Waals surface area contributed by atoms with E-state index in [0.717, 1.165) is 32.1 Å². The van der Waals surface area contributed by atoms with Gasteiger partial charge in [0, 0.05) is 11.5 Å². The molecule has 4 saturated carbocycles. The molecule has 0 aromatic carbocycles. The van der Waals surface area contributed by atoms with Gasteiger partial charge in [0.05, 0.1) is 0 Å². The molecule has 0 unspecified atom stereocenters. The summed E-state index contributed by atoms with van der Waals surface area (Å²) in [5.74, 6) is 1.14. The highest BCUT2D eigenvalue weighted by molar-refractivity contribution is 5.89. The van der Waals surface area contributed by atoms with Gasteiger partial charge >= 0.3 is 5.97 Å². The van der Waals surface area contributed by atoms with Crippen LogP contribution < -0.4 is 10.6 Å². The quantitative estimate of drug-likeness (QED) is 0.576. The third-order valence-corrected chi connectivity index (χ3v) is 7.42. The summed E-state index contributed by atoms with van der Waals surface area (Å²) in [7, 11) is 0. The topological polar surface area (TPSA) is 84.5 Å². The number of amides is 2. The Bertz CT molecular complexity index is 591. The van der Waals surface area contributed by atoms with Gasteiger partial charge in [-0.2, -0.15) is 0 Å². The van der Waals surface area contributed by atoms with Crippen molar-refractivity contribution in [3.05, 3.63) is 0 Å². The van der Waals surface area contributed by atoms with Crippen LogP contribution in [0.2, 0.25) is 0 Å². The maximum atomic E-state index is 13.3. The number of esters is 1. The van der Waals surface area contributed by atoms with E-state index in [9.17, 15) is 14.4 Å². The van der Waals surface area contributed by atoms with Crippen molar-refractivity contribution in [3.8, 4) is 0 Å². The Morgan fingerprint density at radius 1 is 0.931 bits per heavy atom. The number of ether oxygens (including phenoxy) is 1. The van der Waals surface area contributed by atoms with Crippen LogP contribution in [0, 0.1) is 29.1 Å². The Hall–Kier alpha value is -1.59. The Morgan fingerprint density at radius 2 is 1.45 bits per heavy atom. The molecular weight excluding hydrogens is 368 g/mol. The first kappa shape index (κ1) is 22.1.